The highest BCUT2D eigenvalue weighted by Gasteiger charge is 2.11. The minimum absolute atomic E-state index is 0.106. The second-order valence-electron chi connectivity index (χ2n) is 4.61. The number of nitrogens with one attached hydrogen (secondary N) is 1. The van der Waals surface area contributed by atoms with Crippen molar-refractivity contribution in [2.75, 3.05) is 26.2 Å². The third-order valence-corrected chi connectivity index (χ3v) is 4.37. The van der Waals surface area contributed by atoms with Gasteiger partial charge in [0.15, 0.2) is 0 Å². The molecule has 0 aliphatic carbocycles. The number of thiophene rings is 1. The molecule has 0 radical (unpaired) electrons. The number of rotatable bonds is 8. The lowest BCUT2D eigenvalue weighted by Gasteiger charge is -2.17. The van der Waals surface area contributed by atoms with E-state index >= 15 is 0 Å². The molecule has 1 rings (SSSR count). The van der Waals surface area contributed by atoms with Crippen molar-refractivity contribution < 1.29 is 14.7 Å². The molecule has 1 aromatic rings. The molecule has 1 heterocycles. The summed E-state index contributed by atoms with van der Waals surface area (Å²) in [7, 11) is 0. The molecule has 116 valence electrons. The summed E-state index contributed by atoms with van der Waals surface area (Å²) in [6, 6.07) is 1.79. The number of amides is 1. The Morgan fingerprint density at radius 2 is 2.05 bits per heavy atom. The number of aryl methyl sites for hydroxylation is 1. The van der Waals surface area contributed by atoms with Crippen molar-refractivity contribution in [1.82, 2.24) is 10.2 Å². The van der Waals surface area contributed by atoms with Crippen LogP contribution < -0.4 is 5.32 Å². The summed E-state index contributed by atoms with van der Waals surface area (Å²) >= 11 is 1.30. The summed E-state index contributed by atoms with van der Waals surface area (Å²) in [6.45, 7) is 9.42. The Morgan fingerprint density at radius 1 is 1.38 bits per heavy atom. The van der Waals surface area contributed by atoms with Crippen LogP contribution >= 0.6 is 11.3 Å². The molecule has 21 heavy (non-hydrogen) atoms. The van der Waals surface area contributed by atoms with Crippen LogP contribution in [-0.2, 0) is 4.79 Å². The Bertz CT molecular complexity index is 519. The quantitative estimate of drug-likeness (QED) is 0.722. The molecule has 0 saturated heterocycles. The maximum Gasteiger partial charge on any atom is 0.328 e. The molecule has 0 fully saturated rings. The van der Waals surface area contributed by atoms with E-state index < -0.39 is 5.97 Å². The molecule has 2 N–H and O–H groups in total. The summed E-state index contributed by atoms with van der Waals surface area (Å²) < 4.78 is 0. The minimum atomic E-state index is -0.993. The molecule has 0 atom stereocenters. The average Bonchev–Trinajstić information content (AvgIpc) is 2.82. The van der Waals surface area contributed by atoms with Gasteiger partial charge in [-0.15, -0.1) is 11.3 Å². The fourth-order valence-corrected chi connectivity index (χ4v) is 2.87. The molecule has 5 nitrogen and oxygen atoms in total. The average molecular weight is 310 g/mol. The minimum Gasteiger partial charge on any atom is -0.478 e. The predicted molar refractivity (Wildman–Crippen MR) is 85.8 cm³/mol. The summed E-state index contributed by atoms with van der Waals surface area (Å²) in [5.74, 6) is -1.10. The fourth-order valence-electron chi connectivity index (χ4n) is 1.88. The number of carbonyl (C=O) groups is 2. The molecule has 0 saturated carbocycles. The van der Waals surface area contributed by atoms with E-state index in [1.54, 1.807) is 6.07 Å². The zero-order chi connectivity index (χ0) is 15.8. The van der Waals surface area contributed by atoms with Crippen molar-refractivity contribution in [3.63, 3.8) is 0 Å². The zero-order valence-corrected chi connectivity index (χ0v) is 13.5. The molecule has 1 aromatic heterocycles. The van der Waals surface area contributed by atoms with E-state index in [0.717, 1.165) is 36.2 Å². The highest BCUT2D eigenvalue weighted by Crippen LogP contribution is 2.23. The Morgan fingerprint density at radius 3 is 2.62 bits per heavy atom. The molecule has 0 unspecified atom stereocenters. The molecular weight excluding hydrogens is 288 g/mol. The zero-order valence-electron chi connectivity index (χ0n) is 12.7. The molecule has 0 aliphatic heterocycles. The first-order chi connectivity index (χ1) is 9.97. The van der Waals surface area contributed by atoms with Crippen molar-refractivity contribution in [2.45, 2.75) is 20.8 Å². The van der Waals surface area contributed by atoms with Crippen molar-refractivity contribution in [3.8, 4) is 0 Å². The maximum atomic E-state index is 12.0. The lowest BCUT2D eigenvalue weighted by Crippen LogP contribution is -2.34. The van der Waals surface area contributed by atoms with Crippen LogP contribution in [0, 0.1) is 6.92 Å². The van der Waals surface area contributed by atoms with Gasteiger partial charge < -0.3 is 15.3 Å². The monoisotopic (exact) mass is 310 g/mol. The third kappa shape index (κ3) is 5.69. The van der Waals surface area contributed by atoms with E-state index in [0.29, 0.717) is 11.4 Å². The van der Waals surface area contributed by atoms with Gasteiger partial charge in [0, 0.05) is 24.0 Å². The van der Waals surface area contributed by atoms with Gasteiger partial charge in [-0.3, -0.25) is 4.79 Å². The van der Waals surface area contributed by atoms with Gasteiger partial charge in [0.1, 0.15) is 0 Å². The molecule has 6 heteroatoms. The normalized spacial score (nSPS) is 11.2. The Balaban J connectivity index is 2.59. The van der Waals surface area contributed by atoms with E-state index in [-0.39, 0.29) is 5.91 Å². The predicted octanol–water partition coefficient (Wildman–Crippen LogP) is 2.23. The SMILES string of the molecule is CCN(CC)CCNC(=O)c1cc(C)c(/C=C/C(=O)O)s1. The van der Waals surface area contributed by atoms with Crippen molar-refractivity contribution >= 4 is 29.3 Å². The molecule has 1 amide bonds. The molecule has 0 aromatic carbocycles. The number of likely N-dealkylation sites (N-methyl/N-ethyl adjacent to an activating group) is 1. The Kier molecular flexibility index (Phi) is 7.11. The second kappa shape index (κ2) is 8.59. The van der Waals surface area contributed by atoms with Crippen LogP contribution in [0.15, 0.2) is 12.1 Å². The largest absolute Gasteiger partial charge is 0.478 e. The van der Waals surface area contributed by atoms with E-state index in [4.69, 9.17) is 5.11 Å². The number of hydrogen-bond donors (Lipinski definition) is 2. The Hall–Kier alpha value is -1.66. The van der Waals surface area contributed by atoms with Crippen LogP contribution in [0.5, 0.6) is 0 Å². The fraction of sp³-hybridized carbons (Fsp3) is 0.467. The van der Waals surface area contributed by atoms with Crippen molar-refractivity contribution in [2.24, 2.45) is 0 Å². The lowest BCUT2D eigenvalue weighted by atomic mass is 10.2. The summed E-state index contributed by atoms with van der Waals surface area (Å²) in [4.78, 5) is 26.2. The highest BCUT2D eigenvalue weighted by molar-refractivity contribution is 7.15. The lowest BCUT2D eigenvalue weighted by molar-refractivity contribution is -0.131. The van der Waals surface area contributed by atoms with Gasteiger partial charge in [-0.1, -0.05) is 13.8 Å². The van der Waals surface area contributed by atoms with E-state index in [1.165, 1.54) is 17.4 Å². The maximum absolute atomic E-state index is 12.0. The van der Waals surface area contributed by atoms with Crippen LogP contribution in [-0.4, -0.2) is 48.1 Å². The Labute approximate surface area is 129 Å². The second-order valence-corrected chi connectivity index (χ2v) is 5.70. The first-order valence-electron chi connectivity index (χ1n) is 6.99. The number of carboxylic acid groups (broad SMARTS) is 1. The van der Waals surface area contributed by atoms with Gasteiger partial charge in [-0.25, -0.2) is 4.79 Å². The van der Waals surface area contributed by atoms with Crippen LogP contribution in [0.1, 0.15) is 34.0 Å². The molecule has 0 aliphatic rings. The van der Waals surface area contributed by atoms with Crippen LogP contribution in [0.25, 0.3) is 6.08 Å². The van der Waals surface area contributed by atoms with Crippen LogP contribution in [0.4, 0.5) is 0 Å². The van der Waals surface area contributed by atoms with Gasteiger partial charge in [-0.05, 0) is 37.7 Å². The molecular formula is C15H22N2O3S. The summed E-state index contributed by atoms with van der Waals surface area (Å²) in [6.07, 6.45) is 2.61. The van der Waals surface area contributed by atoms with E-state index in [9.17, 15) is 9.59 Å². The number of hydrogen-bond acceptors (Lipinski definition) is 4. The van der Waals surface area contributed by atoms with Crippen LogP contribution in [0.2, 0.25) is 0 Å². The van der Waals surface area contributed by atoms with Gasteiger partial charge in [-0.2, -0.15) is 0 Å². The number of carbonyl (C=O) groups excluding carboxylic acids is 1. The number of aliphatic carboxylic acids is 1. The van der Waals surface area contributed by atoms with Crippen molar-refractivity contribution in [3.05, 3.63) is 27.5 Å². The first-order valence-corrected chi connectivity index (χ1v) is 7.81. The summed E-state index contributed by atoms with van der Waals surface area (Å²) in [5, 5.41) is 11.5. The number of carboxylic acids is 1. The van der Waals surface area contributed by atoms with Gasteiger partial charge >= 0.3 is 5.97 Å². The van der Waals surface area contributed by atoms with Gasteiger partial charge in [0.25, 0.3) is 5.91 Å². The topological polar surface area (TPSA) is 69.6 Å². The van der Waals surface area contributed by atoms with Crippen LogP contribution in [0.3, 0.4) is 0 Å². The van der Waals surface area contributed by atoms with Crippen molar-refractivity contribution in [1.29, 1.82) is 0 Å². The van der Waals surface area contributed by atoms with E-state index in [1.807, 2.05) is 6.92 Å². The third-order valence-electron chi connectivity index (χ3n) is 3.17. The molecule has 0 spiro atoms. The summed E-state index contributed by atoms with van der Waals surface area (Å²) in [5.41, 5.74) is 0.909. The number of nitrogens with zero attached hydrogens (tertiary/aromatic N) is 1. The van der Waals surface area contributed by atoms with E-state index in [2.05, 4.69) is 24.1 Å². The first kappa shape index (κ1) is 17.4. The molecule has 0 bridgehead atoms. The van der Waals surface area contributed by atoms with Gasteiger partial charge in [0.05, 0.1) is 4.88 Å². The van der Waals surface area contributed by atoms with Gasteiger partial charge in [0.2, 0.25) is 0 Å². The smallest absolute Gasteiger partial charge is 0.328 e. The standard InChI is InChI=1S/C15H22N2O3S/c1-4-17(5-2)9-8-16-15(20)13-10-11(3)12(21-13)6-7-14(18)19/h6-7,10H,4-5,8-9H2,1-3H3,(H,16,20)(H,18,19)/b7-6+. The highest BCUT2D eigenvalue weighted by atomic mass is 32.1.